The topological polar surface area (TPSA) is 76.6 Å². The maximum absolute atomic E-state index is 12.7. The second-order valence-electron chi connectivity index (χ2n) is 8.01. The number of aromatic nitrogens is 2. The van der Waals surface area contributed by atoms with Crippen LogP contribution in [0.1, 0.15) is 36.1 Å². The molecule has 2 aliphatic rings. The molecule has 160 valence electrons. The molecule has 1 aromatic heterocycles. The predicted molar refractivity (Wildman–Crippen MR) is 115 cm³/mol. The van der Waals surface area contributed by atoms with Crippen LogP contribution in [0.3, 0.4) is 0 Å². The van der Waals surface area contributed by atoms with Gasteiger partial charge in [-0.25, -0.2) is 9.97 Å². The third kappa shape index (κ3) is 4.50. The minimum Gasteiger partial charge on any atom is -0.493 e. The first-order valence-electron chi connectivity index (χ1n) is 10.8. The number of benzene rings is 1. The maximum Gasteiger partial charge on any atom is 0.225 e. The Labute approximate surface area is 177 Å². The molecule has 1 aliphatic carbocycles. The molecule has 1 fully saturated rings. The van der Waals surface area contributed by atoms with Crippen molar-refractivity contribution in [3.8, 4) is 11.5 Å². The third-order valence-corrected chi connectivity index (χ3v) is 6.06. The lowest BCUT2D eigenvalue weighted by Crippen LogP contribution is -2.35. The van der Waals surface area contributed by atoms with Crippen LogP contribution in [0.2, 0.25) is 0 Å². The summed E-state index contributed by atoms with van der Waals surface area (Å²) in [5.41, 5.74) is 3.33. The smallest absolute Gasteiger partial charge is 0.225 e. The van der Waals surface area contributed by atoms with Crippen molar-refractivity contribution in [1.82, 2.24) is 15.3 Å². The number of nitrogens with zero attached hydrogens (tertiary/aromatic N) is 3. The van der Waals surface area contributed by atoms with E-state index in [-0.39, 0.29) is 11.8 Å². The standard InChI is InChI=1S/C23H30N4O3/c1-29-20-8-5-16(13-21(20)30-2)9-10-24-22(28)17-6-7-19-18(14-17)15-25-23(26-19)27-11-3-4-12-27/h5,8,13,15,17H,3-4,6-7,9-12,14H2,1-2H3,(H,24,28). The number of rotatable bonds is 7. The van der Waals surface area contributed by atoms with Crippen molar-refractivity contribution in [2.75, 3.05) is 38.8 Å². The van der Waals surface area contributed by atoms with Crippen LogP contribution in [-0.4, -0.2) is 49.7 Å². The lowest BCUT2D eigenvalue weighted by molar-refractivity contribution is -0.125. The molecule has 2 heterocycles. The highest BCUT2D eigenvalue weighted by Crippen LogP contribution is 2.28. The summed E-state index contributed by atoms with van der Waals surface area (Å²) in [7, 11) is 3.25. The quantitative estimate of drug-likeness (QED) is 0.756. The summed E-state index contributed by atoms with van der Waals surface area (Å²) in [6.45, 7) is 2.69. The first kappa shape index (κ1) is 20.4. The number of carbonyl (C=O) groups excluding carboxylic acids is 1. The Morgan fingerprint density at radius 3 is 2.77 bits per heavy atom. The van der Waals surface area contributed by atoms with Gasteiger partial charge in [-0.1, -0.05) is 6.07 Å². The first-order valence-corrected chi connectivity index (χ1v) is 10.8. The Bertz CT molecular complexity index is 896. The minimum atomic E-state index is -0.0101. The minimum absolute atomic E-state index is 0.0101. The summed E-state index contributed by atoms with van der Waals surface area (Å²) < 4.78 is 10.6. The molecule has 1 saturated heterocycles. The fraction of sp³-hybridized carbons (Fsp3) is 0.522. The number of hydrogen-bond acceptors (Lipinski definition) is 6. The fourth-order valence-corrected chi connectivity index (χ4v) is 4.30. The van der Waals surface area contributed by atoms with E-state index < -0.39 is 0 Å². The normalized spacial score (nSPS) is 18.1. The van der Waals surface area contributed by atoms with Crippen molar-refractivity contribution < 1.29 is 14.3 Å². The molecule has 1 aromatic carbocycles. The molecule has 4 rings (SSSR count). The zero-order chi connectivity index (χ0) is 20.9. The van der Waals surface area contributed by atoms with Gasteiger partial charge in [0.2, 0.25) is 11.9 Å². The second kappa shape index (κ2) is 9.32. The van der Waals surface area contributed by atoms with Gasteiger partial charge in [-0.15, -0.1) is 0 Å². The summed E-state index contributed by atoms with van der Waals surface area (Å²) in [4.78, 5) is 24.3. The van der Waals surface area contributed by atoms with Gasteiger partial charge in [0, 0.05) is 37.4 Å². The van der Waals surface area contributed by atoms with Gasteiger partial charge < -0.3 is 19.7 Å². The maximum atomic E-state index is 12.7. The van der Waals surface area contributed by atoms with Crippen molar-refractivity contribution >= 4 is 11.9 Å². The van der Waals surface area contributed by atoms with Crippen molar-refractivity contribution in [1.29, 1.82) is 0 Å². The molecule has 0 saturated carbocycles. The van der Waals surface area contributed by atoms with E-state index in [0.717, 1.165) is 61.5 Å². The van der Waals surface area contributed by atoms with Gasteiger partial charge in [-0.05, 0) is 61.8 Å². The lowest BCUT2D eigenvalue weighted by atomic mass is 9.86. The summed E-state index contributed by atoms with van der Waals surface area (Å²) in [6, 6.07) is 5.85. The van der Waals surface area contributed by atoms with Crippen molar-refractivity contribution in [2.24, 2.45) is 5.92 Å². The largest absolute Gasteiger partial charge is 0.493 e. The average Bonchev–Trinajstić information content (AvgIpc) is 3.33. The molecular weight excluding hydrogens is 380 g/mol. The molecule has 1 atom stereocenters. The van der Waals surface area contributed by atoms with Crippen LogP contribution in [0.15, 0.2) is 24.4 Å². The van der Waals surface area contributed by atoms with E-state index in [1.54, 1.807) is 14.2 Å². The number of nitrogens with one attached hydrogen (secondary N) is 1. The molecule has 1 amide bonds. The zero-order valence-corrected chi connectivity index (χ0v) is 17.8. The number of fused-ring (bicyclic) bond motifs is 1. The Morgan fingerprint density at radius 2 is 2.00 bits per heavy atom. The Kier molecular flexibility index (Phi) is 6.35. The van der Waals surface area contributed by atoms with Gasteiger partial charge in [0.15, 0.2) is 11.5 Å². The van der Waals surface area contributed by atoms with Gasteiger partial charge in [0.05, 0.1) is 14.2 Å². The zero-order valence-electron chi connectivity index (χ0n) is 17.8. The second-order valence-corrected chi connectivity index (χ2v) is 8.01. The van der Waals surface area contributed by atoms with E-state index in [1.165, 1.54) is 12.8 Å². The van der Waals surface area contributed by atoms with Gasteiger partial charge in [-0.2, -0.15) is 0 Å². The molecule has 0 bridgehead atoms. The van der Waals surface area contributed by atoms with Crippen LogP contribution in [0.25, 0.3) is 0 Å². The van der Waals surface area contributed by atoms with Crippen LogP contribution in [0.4, 0.5) is 5.95 Å². The van der Waals surface area contributed by atoms with Crippen LogP contribution in [-0.2, 0) is 24.1 Å². The number of methoxy groups -OCH3 is 2. The van der Waals surface area contributed by atoms with Gasteiger partial charge >= 0.3 is 0 Å². The Balaban J connectivity index is 1.30. The Morgan fingerprint density at radius 1 is 1.20 bits per heavy atom. The summed E-state index contributed by atoms with van der Waals surface area (Å²) in [5.74, 6) is 2.37. The van der Waals surface area contributed by atoms with E-state index in [0.29, 0.717) is 18.0 Å². The number of hydrogen-bond donors (Lipinski definition) is 1. The predicted octanol–water partition coefficient (Wildman–Crippen LogP) is 2.56. The monoisotopic (exact) mass is 410 g/mol. The molecule has 1 N–H and O–H groups in total. The number of amides is 1. The highest BCUT2D eigenvalue weighted by molar-refractivity contribution is 5.79. The molecule has 0 spiro atoms. The molecule has 0 radical (unpaired) electrons. The van der Waals surface area contributed by atoms with E-state index in [9.17, 15) is 4.79 Å². The van der Waals surface area contributed by atoms with Crippen LogP contribution in [0.5, 0.6) is 11.5 Å². The summed E-state index contributed by atoms with van der Waals surface area (Å²) in [5, 5.41) is 3.09. The molecular formula is C23H30N4O3. The Hall–Kier alpha value is -2.83. The third-order valence-electron chi connectivity index (χ3n) is 6.06. The van der Waals surface area contributed by atoms with E-state index in [2.05, 4.69) is 15.2 Å². The molecule has 2 aromatic rings. The van der Waals surface area contributed by atoms with Crippen LogP contribution >= 0.6 is 0 Å². The highest BCUT2D eigenvalue weighted by Gasteiger charge is 2.27. The molecule has 30 heavy (non-hydrogen) atoms. The van der Waals surface area contributed by atoms with E-state index >= 15 is 0 Å². The van der Waals surface area contributed by atoms with Crippen LogP contribution < -0.4 is 19.7 Å². The first-order chi connectivity index (χ1) is 14.7. The van der Waals surface area contributed by atoms with E-state index in [4.69, 9.17) is 14.5 Å². The number of anilines is 1. The number of carbonyl (C=O) groups is 1. The molecule has 1 unspecified atom stereocenters. The number of ether oxygens (including phenoxy) is 2. The van der Waals surface area contributed by atoms with Crippen LogP contribution in [0, 0.1) is 5.92 Å². The van der Waals surface area contributed by atoms with Crippen molar-refractivity contribution in [2.45, 2.75) is 38.5 Å². The fourth-order valence-electron chi connectivity index (χ4n) is 4.30. The van der Waals surface area contributed by atoms with Crippen molar-refractivity contribution in [3.63, 3.8) is 0 Å². The highest BCUT2D eigenvalue weighted by atomic mass is 16.5. The van der Waals surface area contributed by atoms with E-state index in [1.807, 2.05) is 24.4 Å². The SMILES string of the molecule is COc1ccc(CCNC(=O)C2CCc3nc(N4CCCC4)ncc3C2)cc1OC. The lowest BCUT2D eigenvalue weighted by Gasteiger charge is -2.24. The molecule has 1 aliphatic heterocycles. The number of aryl methyl sites for hydroxylation is 1. The van der Waals surface area contributed by atoms with Gasteiger partial charge in [-0.3, -0.25) is 4.79 Å². The van der Waals surface area contributed by atoms with Crippen molar-refractivity contribution in [3.05, 3.63) is 41.2 Å². The van der Waals surface area contributed by atoms with Gasteiger partial charge in [0.25, 0.3) is 0 Å². The van der Waals surface area contributed by atoms with Gasteiger partial charge in [0.1, 0.15) is 0 Å². The average molecular weight is 411 g/mol. The molecule has 7 nitrogen and oxygen atoms in total. The summed E-state index contributed by atoms with van der Waals surface area (Å²) in [6.07, 6.45) is 7.50. The molecule has 7 heteroatoms. The summed E-state index contributed by atoms with van der Waals surface area (Å²) >= 11 is 0.